The van der Waals surface area contributed by atoms with Crippen LogP contribution in [0, 0.1) is 0 Å². The van der Waals surface area contributed by atoms with E-state index >= 15 is 0 Å². The summed E-state index contributed by atoms with van der Waals surface area (Å²) in [7, 11) is 0. The smallest absolute Gasteiger partial charge is 0.109 e. The van der Waals surface area contributed by atoms with Gasteiger partial charge in [-0.2, -0.15) is 0 Å². The highest BCUT2D eigenvalue weighted by molar-refractivity contribution is 7.99. The molecule has 2 aromatic rings. The number of hydrogen-bond donors (Lipinski definition) is 0. The van der Waals surface area contributed by atoms with E-state index in [-0.39, 0.29) is 0 Å². The van der Waals surface area contributed by atoms with Crippen LogP contribution in [0.15, 0.2) is 58.6 Å². The Hall–Kier alpha value is -1.62. The Morgan fingerprint density at radius 2 is 1.91 bits per heavy atom. The molecule has 3 nitrogen and oxygen atoms in total. The maximum atomic E-state index is 5.42. The van der Waals surface area contributed by atoms with Gasteiger partial charge in [-0.3, -0.25) is 4.90 Å². The highest BCUT2D eigenvalue weighted by Crippen LogP contribution is 2.44. The second-order valence-electron chi connectivity index (χ2n) is 5.81. The monoisotopic (exact) mass is 324 g/mol. The number of rotatable bonds is 3. The molecule has 0 amide bonds. The van der Waals surface area contributed by atoms with Gasteiger partial charge >= 0.3 is 0 Å². The summed E-state index contributed by atoms with van der Waals surface area (Å²) in [6, 6.07) is 12.9. The minimum atomic E-state index is 0.864. The lowest BCUT2D eigenvalue weighted by molar-refractivity contribution is 0.0387. The Kier molecular flexibility index (Phi) is 4.46. The van der Waals surface area contributed by atoms with E-state index in [2.05, 4.69) is 46.3 Å². The van der Waals surface area contributed by atoms with Gasteiger partial charge in [-0.25, -0.2) is 4.98 Å². The van der Waals surface area contributed by atoms with Gasteiger partial charge in [-0.15, -0.1) is 0 Å². The Labute approximate surface area is 141 Å². The lowest BCUT2D eigenvalue weighted by Gasteiger charge is -2.26. The van der Waals surface area contributed by atoms with Crippen molar-refractivity contribution in [2.24, 2.45) is 0 Å². The molecule has 0 unspecified atom stereocenters. The predicted octanol–water partition coefficient (Wildman–Crippen LogP) is 3.70. The van der Waals surface area contributed by atoms with E-state index in [0.29, 0.717) is 0 Å². The van der Waals surface area contributed by atoms with Crippen molar-refractivity contribution < 1.29 is 4.74 Å². The molecule has 1 aromatic carbocycles. The van der Waals surface area contributed by atoms with Gasteiger partial charge in [0, 0.05) is 36.3 Å². The number of nitrogens with zero attached hydrogens (tertiary/aromatic N) is 2. The second kappa shape index (κ2) is 6.87. The molecule has 0 bridgehead atoms. The number of morpholine rings is 1. The summed E-state index contributed by atoms with van der Waals surface area (Å²) in [6.07, 6.45) is 5.32. The highest BCUT2D eigenvalue weighted by Gasteiger charge is 2.21. The molecule has 2 aliphatic heterocycles. The minimum absolute atomic E-state index is 0.864. The number of benzene rings is 1. The molecule has 1 fully saturated rings. The maximum absolute atomic E-state index is 5.42. The average molecular weight is 324 g/mol. The van der Waals surface area contributed by atoms with Crippen molar-refractivity contribution in [2.45, 2.75) is 16.3 Å². The SMILES string of the molecule is C(CCN1CCOCC1)=C1c2ccccc2Sc2ncccc21. The largest absolute Gasteiger partial charge is 0.379 e. The first-order valence-electron chi connectivity index (χ1n) is 8.15. The molecule has 23 heavy (non-hydrogen) atoms. The molecule has 4 rings (SSSR count). The van der Waals surface area contributed by atoms with Crippen molar-refractivity contribution >= 4 is 17.3 Å². The molecule has 0 saturated carbocycles. The zero-order valence-electron chi connectivity index (χ0n) is 13.1. The fourth-order valence-electron chi connectivity index (χ4n) is 3.14. The van der Waals surface area contributed by atoms with Crippen LogP contribution in [0.5, 0.6) is 0 Å². The van der Waals surface area contributed by atoms with Crippen LogP contribution in [-0.2, 0) is 4.74 Å². The van der Waals surface area contributed by atoms with Crippen molar-refractivity contribution in [1.29, 1.82) is 0 Å². The van der Waals surface area contributed by atoms with Crippen LogP contribution in [-0.4, -0.2) is 42.7 Å². The second-order valence-corrected chi connectivity index (χ2v) is 6.85. The Morgan fingerprint density at radius 3 is 2.83 bits per heavy atom. The molecule has 2 aliphatic rings. The first-order chi connectivity index (χ1) is 11.4. The molecule has 118 valence electrons. The summed E-state index contributed by atoms with van der Waals surface area (Å²) in [5, 5.41) is 1.11. The maximum Gasteiger partial charge on any atom is 0.109 e. The molecule has 4 heteroatoms. The minimum Gasteiger partial charge on any atom is -0.379 e. The standard InChI is InChI=1S/C19H20N2OS/c1-2-8-18-16(5-1)15(17-6-3-9-20-19(17)23-18)7-4-10-21-11-13-22-14-12-21/h1-3,5-9H,4,10-14H2. The van der Waals surface area contributed by atoms with Crippen molar-refractivity contribution in [3.8, 4) is 0 Å². The van der Waals surface area contributed by atoms with E-state index in [9.17, 15) is 0 Å². The Morgan fingerprint density at radius 1 is 1.09 bits per heavy atom. The molecule has 0 atom stereocenters. The summed E-state index contributed by atoms with van der Waals surface area (Å²) in [4.78, 5) is 8.34. The van der Waals surface area contributed by atoms with Crippen LogP contribution in [0.25, 0.3) is 5.57 Å². The van der Waals surface area contributed by atoms with Crippen LogP contribution in [0.4, 0.5) is 0 Å². The van der Waals surface area contributed by atoms with Gasteiger partial charge in [0.1, 0.15) is 5.03 Å². The van der Waals surface area contributed by atoms with E-state index in [1.165, 1.54) is 21.6 Å². The number of aromatic nitrogens is 1. The third-order valence-corrected chi connectivity index (χ3v) is 5.44. The fourth-order valence-corrected chi connectivity index (χ4v) is 4.19. The van der Waals surface area contributed by atoms with Crippen molar-refractivity contribution in [2.75, 3.05) is 32.8 Å². The Bertz CT molecular complexity index is 675. The summed E-state index contributed by atoms with van der Waals surface area (Å²) >= 11 is 1.77. The van der Waals surface area contributed by atoms with E-state index in [1.807, 2.05) is 12.3 Å². The average Bonchev–Trinajstić information content (AvgIpc) is 2.62. The number of pyridine rings is 1. The summed E-state index contributed by atoms with van der Waals surface area (Å²) < 4.78 is 5.42. The van der Waals surface area contributed by atoms with Crippen molar-refractivity contribution in [1.82, 2.24) is 9.88 Å². The lowest BCUT2D eigenvalue weighted by Crippen LogP contribution is -2.36. The van der Waals surface area contributed by atoms with Gasteiger partial charge in [-0.05, 0) is 29.7 Å². The molecule has 3 heterocycles. The molecule has 0 N–H and O–H groups in total. The van der Waals surface area contributed by atoms with Gasteiger partial charge in [0.15, 0.2) is 0 Å². The van der Waals surface area contributed by atoms with E-state index in [1.54, 1.807) is 11.8 Å². The van der Waals surface area contributed by atoms with Crippen LogP contribution in [0.3, 0.4) is 0 Å². The molecular weight excluding hydrogens is 304 g/mol. The van der Waals surface area contributed by atoms with Gasteiger partial charge in [0.25, 0.3) is 0 Å². The molecule has 1 saturated heterocycles. The molecular formula is C19H20N2OS. The molecule has 0 spiro atoms. The first-order valence-corrected chi connectivity index (χ1v) is 8.96. The molecule has 0 radical (unpaired) electrons. The quantitative estimate of drug-likeness (QED) is 0.733. The summed E-state index contributed by atoms with van der Waals surface area (Å²) in [5.41, 5.74) is 3.92. The van der Waals surface area contributed by atoms with Gasteiger partial charge < -0.3 is 4.74 Å². The molecule has 0 aliphatic carbocycles. The topological polar surface area (TPSA) is 25.4 Å². The third-order valence-electron chi connectivity index (χ3n) is 4.34. The van der Waals surface area contributed by atoms with E-state index in [0.717, 1.165) is 44.3 Å². The third kappa shape index (κ3) is 3.20. The van der Waals surface area contributed by atoms with Gasteiger partial charge in [0.2, 0.25) is 0 Å². The summed E-state index contributed by atoms with van der Waals surface area (Å²) in [5.74, 6) is 0. The van der Waals surface area contributed by atoms with Crippen molar-refractivity contribution in [3.05, 3.63) is 59.8 Å². The van der Waals surface area contributed by atoms with Crippen LogP contribution >= 0.6 is 11.8 Å². The zero-order valence-corrected chi connectivity index (χ0v) is 13.9. The van der Waals surface area contributed by atoms with Crippen LogP contribution in [0.2, 0.25) is 0 Å². The highest BCUT2D eigenvalue weighted by atomic mass is 32.2. The number of fused-ring (bicyclic) bond motifs is 2. The van der Waals surface area contributed by atoms with E-state index in [4.69, 9.17) is 4.74 Å². The van der Waals surface area contributed by atoms with Crippen LogP contribution < -0.4 is 0 Å². The molecule has 1 aromatic heterocycles. The predicted molar refractivity (Wildman–Crippen MR) is 93.8 cm³/mol. The lowest BCUT2D eigenvalue weighted by atomic mass is 9.97. The normalized spacial score (nSPS) is 19.4. The Balaban J connectivity index is 1.60. The zero-order chi connectivity index (χ0) is 15.5. The van der Waals surface area contributed by atoms with Crippen molar-refractivity contribution in [3.63, 3.8) is 0 Å². The number of hydrogen-bond acceptors (Lipinski definition) is 4. The van der Waals surface area contributed by atoms with Gasteiger partial charge in [-0.1, -0.05) is 42.1 Å². The summed E-state index contributed by atoms with van der Waals surface area (Å²) in [6.45, 7) is 4.92. The fraction of sp³-hybridized carbons (Fsp3) is 0.316. The van der Waals surface area contributed by atoms with E-state index < -0.39 is 0 Å². The first kappa shape index (κ1) is 14.9. The van der Waals surface area contributed by atoms with Crippen LogP contribution in [0.1, 0.15) is 17.5 Å². The van der Waals surface area contributed by atoms with Gasteiger partial charge in [0.05, 0.1) is 13.2 Å². The number of ether oxygens (including phenoxy) is 1.